The molecular weight excluding hydrogens is 332 g/mol. The summed E-state index contributed by atoms with van der Waals surface area (Å²) in [4.78, 5) is 4.79. The Hall–Kier alpha value is -3.12. The zero-order valence-electron chi connectivity index (χ0n) is 13.4. The van der Waals surface area contributed by atoms with Crippen molar-refractivity contribution in [3.63, 3.8) is 0 Å². The van der Waals surface area contributed by atoms with Crippen LogP contribution in [0.25, 0.3) is 31.9 Å². The Morgan fingerprint density at radius 2 is 2.12 bits per heavy atom. The summed E-state index contributed by atoms with van der Waals surface area (Å²) in [7, 11) is 1.67. The fourth-order valence-electron chi connectivity index (χ4n) is 3.15. The first-order valence-electron chi connectivity index (χ1n) is 7.87. The summed E-state index contributed by atoms with van der Waals surface area (Å²) in [6, 6.07) is 14.3. The molecule has 0 aliphatic heterocycles. The van der Waals surface area contributed by atoms with Crippen molar-refractivity contribution in [2.45, 2.75) is 0 Å². The molecule has 0 atom stereocenters. The molecule has 5 aromatic rings. The SMILES string of the molecule is COc1cccc2nc(Nc3ccc4ccsc4c3)c3[nH]ncc3c12. The van der Waals surface area contributed by atoms with Gasteiger partial charge in [0.2, 0.25) is 0 Å². The summed E-state index contributed by atoms with van der Waals surface area (Å²) < 4.78 is 6.75. The highest BCUT2D eigenvalue weighted by atomic mass is 32.1. The first-order valence-corrected chi connectivity index (χ1v) is 8.75. The highest BCUT2D eigenvalue weighted by Crippen LogP contribution is 2.35. The van der Waals surface area contributed by atoms with Gasteiger partial charge in [-0.25, -0.2) is 4.98 Å². The Morgan fingerprint density at radius 1 is 1.16 bits per heavy atom. The maximum absolute atomic E-state index is 5.50. The van der Waals surface area contributed by atoms with E-state index >= 15 is 0 Å². The first kappa shape index (κ1) is 14.2. The van der Waals surface area contributed by atoms with Crippen LogP contribution in [0.5, 0.6) is 5.75 Å². The molecule has 0 fully saturated rings. The molecule has 2 aromatic carbocycles. The van der Waals surface area contributed by atoms with E-state index in [1.165, 1.54) is 10.1 Å². The van der Waals surface area contributed by atoms with Gasteiger partial charge in [0.05, 0.1) is 24.2 Å². The van der Waals surface area contributed by atoms with Crippen molar-refractivity contribution >= 4 is 54.7 Å². The monoisotopic (exact) mass is 346 g/mol. The lowest BCUT2D eigenvalue weighted by molar-refractivity contribution is 0.420. The highest BCUT2D eigenvalue weighted by Gasteiger charge is 2.14. The molecule has 5 nitrogen and oxygen atoms in total. The molecule has 0 unspecified atom stereocenters. The van der Waals surface area contributed by atoms with Crippen LogP contribution < -0.4 is 10.1 Å². The van der Waals surface area contributed by atoms with Gasteiger partial charge in [-0.1, -0.05) is 12.1 Å². The minimum atomic E-state index is 0.754. The number of aromatic amines is 1. The van der Waals surface area contributed by atoms with Crippen LogP contribution in [0.1, 0.15) is 0 Å². The van der Waals surface area contributed by atoms with Gasteiger partial charge in [-0.2, -0.15) is 5.10 Å². The number of nitrogens with one attached hydrogen (secondary N) is 2. The van der Waals surface area contributed by atoms with Gasteiger partial charge in [-0.3, -0.25) is 5.10 Å². The van der Waals surface area contributed by atoms with Gasteiger partial charge >= 0.3 is 0 Å². The number of thiophene rings is 1. The Labute approximate surface area is 147 Å². The van der Waals surface area contributed by atoms with Crippen molar-refractivity contribution in [3.05, 3.63) is 54.0 Å². The number of hydrogen-bond donors (Lipinski definition) is 2. The fourth-order valence-corrected chi connectivity index (χ4v) is 3.97. The molecule has 6 heteroatoms. The Bertz CT molecular complexity index is 1220. The third kappa shape index (κ3) is 2.22. The molecule has 25 heavy (non-hydrogen) atoms. The lowest BCUT2D eigenvalue weighted by Crippen LogP contribution is -1.96. The van der Waals surface area contributed by atoms with Crippen LogP contribution in [0.4, 0.5) is 11.5 Å². The van der Waals surface area contributed by atoms with Crippen LogP contribution in [0.15, 0.2) is 54.0 Å². The number of anilines is 2. The average molecular weight is 346 g/mol. The maximum Gasteiger partial charge on any atom is 0.157 e. The number of ether oxygens (including phenoxy) is 1. The van der Waals surface area contributed by atoms with Gasteiger partial charge < -0.3 is 10.1 Å². The molecule has 5 rings (SSSR count). The number of aromatic nitrogens is 3. The second-order valence-corrected chi connectivity index (χ2v) is 6.72. The number of methoxy groups -OCH3 is 1. The van der Waals surface area contributed by atoms with Gasteiger partial charge in [0.25, 0.3) is 0 Å². The Kier molecular flexibility index (Phi) is 3.11. The van der Waals surface area contributed by atoms with Crippen molar-refractivity contribution in [3.8, 4) is 5.75 Å². The topological polar surface area (TPSA) is 62.8 Å². The normalized spacial score (nSPS) is 11.4. The quantitative estimate of drug-likeness (QED) is 0.478. The van der Waals surface area contributed by atoms with Gasteiger partial charge in [-0.15, -0.1) is 11.3 Å². The summed E-state index contributed by atoms with van der Waals surface area (Å²) in [5, 5.41) is 16.0. The molecule has 0 bridgehead atoms. The van der Waals surface area contributed by atoms with E-state index in [-0.39, 0.29) is 0 Å². The van der Waals surface area contributed by atoms with E-state index in [1.807, 2.05) is 24.4 Å². The third-order valence-corrected chi connectivity index (χ3v) is 5.20. The van der Waals surface area contributed by atoms with Crippen LogP contribution >= 0.6 is 11.3 Å². The number of H-pyrrole nitrogens is 1. The zero-order valence-corrected chi connectivity index (χ0v) is 14.2. The summed E-state index contributed by atoms with van der Waals surface area (Å²) in [6.07, 6.45) is 1.81. The molecule has 0 saturated carbocycles. The van der Waals surface area contributed by atoms with Gasteiger partial charge in [-0.05, 0) is 41.1 Å². The summed E-state index contributed by atoms with van der Waals surface area (Å²) in [5.41, 5.74) is 2.73. The number of rotatable bonds is 3. The number of hydrogen-bond acceptors (Lipinski definition) is 5. The van der Waals surface area contributed by atoms with E-state index in [2.05, 4.69) is 45.2 Å². The fraction of sp³-hybridized carbons (Fsp3) is 0.0526. The number of benzene rings is 2. The van der Waals surface area contributed by atoms with Crippen molar-refractivity contribution < 1.29 is 4.74 Å². The lowest BCUT2D eigenvalue weighted by Gasteiger charge is -2.11. The van der Waals surface area contributed by atoms with Crippen molar-refractivity contribution in [1.29, 1.82) is 0 Å². The van der Waals surface area contributed by atoms with Crippen molar-refractivity contribution in [2.75, 3.05) is 12.4 Å². The van der Waals surface area contributed by atoms with Gasteiger partial charge in [0.1, 0.15) is 11.3 Å². The molecule has 0 aliphatic rings. The standard InChI is InChI=1S/C19H14N4OS/c1-24-15-4-2-3-14-17(15)13-10-20-23-18(13)19(22-14)21-12-6-5-11-7-8-25-16(11)9-12/h2-10H,1H3,(H,20,23)(H,21,22). The van der Waals surface area contributed by atoms with Crippen LogP contribution in [0, 0.1) is 0 Å². The second-order valence-electron chi connectivity index (χ2n) is 5.77. The highest BCUT2D eigenvalue weighted by molar-refractivity contribution is 7.17. The lowest BCUT2D eigenvalue weighted by atomic mass is 10.1. The van der Waals surface area contributed by atoms with Crippen LogP contribution in [-0.2, 0) is 0 Å². The summed E-state index contributed by atoms with van der Waals surface area (Å²) >= 11 is 1.73. The minimum absolute atomic E-state index is 0.754. The molecule has 2 N–H and O–H groups in total. The Balaban J connectivity index is 1.70. The second kappa shape index (κ2) is 5.46. The van der Waals surface area contributed by atoms with Gasteiger partial charge in [0.15, 0.2) is 5.82 Å². The molecule has 0 radical (unpaired) electrons. The third-order valence-electron chi connectivity index (χ3n) is 4.32. The molecule has 122 valence electrons. The van der Waals surface area contributed by atoms with Crippen LogP contribution in [0.3, 0.4) is 0 Å². The Morgan fingerprint density at radius 3 is 3.04 bits per heavy atom. The smallest absolute Gasteiger partial charge is 0.157 e. The number of nitrogens with zero attached hydrogens (tertiary/aromatic N) is 2. The van der Waals surface area contributed by atoms with Gasteiger partial charge in [0, 0.05) is 15.8 Å². The molecular formula is C19H14N4OS. The zero-order chi connectivity index (χ0) is 16.8. The van der Waals surface area contributed by atoms with Crippen LogP contribution in [0.2, 0.25) is 0 Å². The van der Waals surface area contributed by atoms with E-state index in [4.69, 9.17) is 9.72 Å². The predicted molar refractivity (Wildman–Crippen MR) is 103 cm³/mol. The first-order chi connectivity index (χ1) is 12.3. The summed E-state index contributed by atoms with van der Waals surface area (Å²) in [5.74, 6) is 1.55. The minimum Gasteiger partial charge on any atom is -0.496 e. The molecule has 0 spiro atoms. The van der Waals surface area contributed by atoms with E-state index in [0.29, 0.717) is 0 Å². The number of pyridine rings is 1. The molecule has 0 aliphatic carbocycles. The van der Waals surface area contributed by atoms with E-state index < -0.39 is 0 Å². The van der Waals surface area contributed by atoms with E-state index in [9.17, 15) is 0 Å². The molecule has 0 saturated heterocycles. The van der Waals surface area contributed by atoms with Crippen molar-refractivity contribution in [2.24, 2.45) is 0 Å². The average Bonchev–Trinajstić information content (AvgIpc) is 3.30. The number of fused-ring (bicyclic) bond motifs is 4. The predicted octanol–water partition coefficient (Wildman–Crippen LogP) is 5.08. The molecule has 3 aromatic heterocycles. The van der Waals surface area contributed by atoms with E-state index in [1.54, 1.807) is 18.4 Å². The summed E-state index contributed by atoms with van der Waals surface area (Å²) in [6.45, 7) is 0. The van der Waals surface area contributed by atoms with Crippen molar-refractivity contribution in [1.82, 2.24) is 15.2 Å². The van der Waals surface area contributed by atoms with E-state index in [0.717, 1.165) is 39.1 Å². The largest absolute Gasteiger partial charge is 0.496 e. The maximum atomic E-state index is 5.50. The molecule has 0 amide bonds. The van der Waals surface area contributed by atoms with Crippen LogP contribution in [-0.4, -0.2) is 22.3 Å². The molecule has 3 heterocycles.